The number of esters is 1. The van der Waals surface area contributed by atoms with Crippen LogP contribution in [-0.2, 0) is 14.3 Å². The zero-order valence-corrected chi connectivity index (χ0v) is 15.6. The molecule has 2 rings (SSSR count). The SMILES string of the molecule is CCOC(=O)CN(C(=O)OC(C)(C)C)c1csc(-c2ccccc2)n1. The molecule has 0 bridgehead atoms. The first-order chi connectivity index (χ1) is 11.8. The van der Waals surface area contributed by atoms with Crippen LogP contribution < -0.4 is 4.90 Å². The molecule has 25 heavy (non-hydrogen) atoms. The van der Waals surface area contributed by atoms with Crippen molar-refractivity contribution in [3.05, 3.63) is 35.7 Å². The van der Waals surface area contributed by atoms with Gasteiger partial charge in [0.2, 0.25) is 0 Å². The summed E-state index contributed by atoms with van der Waals surface area (Å²) in [6.07, 6.45) is -0.634. The predicted octanol–water partition coefficient (Wildman–Crippen LogP) is 4.11. The van der Waals surface area contributed by atoms with E-state index in [1.54, 1.807) is 33.1 Å². The number of anilines is 1. The Labute approximate surface area is 151 Å². The van der Waals surface area contributed by atoms with Crippen molar-refractivity contribution < 1.29 is 19.1 Å². The molecule has 0 spiro atoms. The second-order valence-corrected chi connectivity index (χ2v) is 7.11. The lowest BCUT2D eigenvalue weighted by Gasteiger charge is -2.25. The molecule has 1 aromatic heterocycles. The summed E-state index contributed by atoms with van der Waals surface area (Å²) in [6, 6.07) is 9.63. The summed E-state index contributed by atoms with van der Waals surface area (Å²) in [5, 5.41) is 2.49. The van der Waals surface area contributed by atoms with Crippen LogP contribution in [0.25, 0.3) is 10.6 Å². The van der Waals surface area contributed by atoms with Crippen molar-refractivity contribution in [1.82, 2.24) is 4.98 Å². The maximum Gasteiger partial charge on any atom is 0.416 e. The van der Waals surface area contributed by atoms with Gasteiger partial charge < -0.3 is 9.47 Å². The van der Waals surface area contributed by atoms with E-state index in [-0.39, 0.29) is 13.2 Å². The number of aromatic nitrogens is 1. The van der Waals surface area contributed by atoms with Crippen molar-refractivity contribution in [1.29, 1.82) is 0 Å². The zero-order chi connectivity index (χ0) is 18.4. The third kappa shape index (κ3) is 5.56. The van der Waals surface area contributed by atoms with Crippen molar-refractivity contribution in [3.63, 3.8) is 0 Å². The van der Waals surface area contributed by atoms with E-state index in [0.29, 0.717) is 5.82 Å². The fraction of sp³-hybridized carbons (Fsp3) is 0.389. The quantitative estimate of drug-likeness (QED) is 0.749. The minimum absolute atomic E-state index is 0.243. The van der Waals surface area contributed by atoms with Crippen molar-refractivity contribution in [2.24, 2.45) is 0 Å². The second-order valence-electron chi connectivity index (χ2n) is 6.25. The van der Waals surface area contributed by atoms with Gasteiger partial charge in [-0.1, -0.05) is 30.3 Å². The number of hydrogen-bond donors (Lipinski definition) is 0. The maximum atomic E-state index is 12.5. The van der Waals surface area contributed by atoms with E-state index in [1.165, 1.54) is 16.2 Å². The summed E-state index contributed by atoms with van der Waals surface area (Å²) in [7, 11) is 0. The highest BCUT2D eigenvalue weighted by molar-refractivity contribution is 7.13. The molecule has 0 saturated heterocycles. The highest BCUT2D eigenvalue weighted by Gasteiger charge is 2.27. The van der Waals surface area contributed by atoms with Crippen LogP contribution in [0.1, 0.15) is 27.7 Å². The van der Waals surface area contributed by atoms with Gasteiger partial charge in [-0.15, -0.1) is 11.3 Å². The van der Waals surface area contributed by atoms with Gasteiger partial charge in [-0.25, -0.2) is 14.7 Å². The first kappa shape index (κ1) is 18.9. The minimum Gasteiger partial charge on any atom is -0.465 e. The van der Waals surface area contributed by atoms with Crippen LogP contribution in [0.2, 0.25) is 0 Å². The lowest BCUT2D eigenvalue weighted by atomic mass is 10.2. The number of hydrogen-bond acceptors (Lipinski definition) is 6. The molecule has 0 unspecified atom stereocenters. The molecule has 0 N–H and O–H groups in total. The summed E-state index contributed by atoms with van der Waals surface area (Å²) in [5.74, 6) is -0.145. The molecular weight excluding hydrogens is 340 g/mol. The van der Waals surface area contributed by atoms with Crippen molar-refractivity contribution in [2.75, 3.05) is 18.1 Å². The van der Waals surface area contributed by atoms with Gasteiger partial charge in [-0.3, -0.25) is 4.79 Å². The highest BCUT2D eigenvalue weighted by Crippen LogP contribution is 2.28. The normalized spacial score (nSPS) is 11.0. The fourth-order valence-electron chi connectivity index (χ4n) is 1.99. The Bertz CT molecular complexity index is 722. The van der Waals surface area contributed by atoms with Gasteiger partial charge in [-0.05, 0) is 27.7 Å². The Morgan fingerprint density at radius 1 is 1.20 bits per heavy atom. The molecule has 1 heterocycles. The van der Waals surface area contributed by atoms with Crippen LogP contribution >= 0.6 is 11.3 Å². The lowest BCUT2D eigenvalue weighted by molar-refractivity contribution is -0.141. The van der Waals surface area contributed by atoms with Crippen LogP contribution in [-0.4, -0.2) is 35.8 Å². The molecular formula is C18H22N2O4S. The number of amides is 1. The van der Waals surface area contributed by atoms with E-state index in [1.807, 2.05) is 30.3 Å². The highest BCUT2D eigenvalue weighted by atomic mass is 32.1. The number of carbonyl (C=O) groups is 2. The number of benzene rings is 1. The number of nitrogens with zero attached hydrogens (tertiary/aromatic N) is 2. The van der Waals surface area contributed by atoms with Gasteiger partial charge in [0.05, 0.1) is 6.61 Å². The largest absolute Gasteiger partial charge is 0.465 e. The van der Waals surface area contributed by atoms with Gasteiger partial charge in [0, 0.05) is 10.9 Å². The molecule has 1 aromatic carbocycles. The fourth-order valence-corrected chi connectivity index (χ4v) is 2.81. The molecule has 0 aliphatic heterocycles. The maximum absolute atomic E-state index is 12.5. The average molecular weight is 362 g/mol. The van der Waals surface area contributed by atoms with Gasteiger partial charge in [-0.2, -0.15) is 0 Å². The molecule has 0 aliphatic carbocycles. The van der Waals surface area contributed by atoms with E-state index in [2.05, 4.69) is 4.98 Å². The van der Waals surface area contributed by atoms with Crippen molar-refractivity contribution >= 4 is 29.2 Å². The van der Waals surface area contributed by atoms with Crippen molar-refractivity contribution in [2.45, 2.75) is 33.3 Å². The smallest absolute Gasteiger partial charge is 0.416 e. The van der Waals surface area contributed by atoms with E-state index in [9.17, 15) is 9.59 Å². The van der Waals surface area contributed by atoms with Crippen LogP contribution in [0.5, 0.6) is 0 Å². The molecule has 7 heteroatoms. The summed E-state index contributed by atoms with van der Waals surface area (Å²) in [5.41, 5.74) is 0.265. The van der Waals surface area contributed by atoms with Crippen molar-refractivity contribution in [3.8, 4) is 10.6 Å². The summed E-state index contributed by atoms with van der Waals surface area (Å²) in [6.45, 7) is 7.01. The Kier molecular flexibility index (Phi) is 6.14. The minimum atomic E-state index is -0.678. The van der Waals surface area contributed by atoms with E-state index < -0.39 is 17.7 Å². The van der Waals surface area contributed by atoms with E-state index in [0.717, 1.165) is 10.6 Å². The first-order valence-electron chi connectivity index (χ1n) is 7.97. The summed E-state index contributed by atoms with van der Waals surface area (Å²) >= 11 is 1.39. The third-order valence-electron chi connectivity index (χ3n) is 3.00. The first-order valence-corrected chi connectivity index (χ1v) is 8.85. The molecule has 6 nitrogen and oxygen atoms in total. The molecule has 0 atom stereocenters. The van der Waals surface area contributed by atoms with Gasteiger partial charge >= 0.3 is 12.1 Å². The lowest BCUT2D eigenvalue weighted by Crippen LogP contribution is -2.40. The molecule has 0 fully saturated rings. The average Bonchev–Trinajstić information content (AvgIpc) is 3.01. The van der Waals surface area contributed by atoms with E-state index in [4.69, 9.17) is 9.47 Å². The van der Waals surface area contributed by atoms with Crippen LogP contribution in [0.3, 0.4) is 0 Å². The Balaban J connectivity index is 2.27. The predicted molar refractivity (Wildman–Crippen MR) is 97.8 cm³/mol. The van der Waals surface area contributed by atoms with Gasteiger partial charge in [0.15, 0.2) is 0 Å². The number of thiazole rings is 1. The van der Waals surface area contributed by atoms with Crippen LogP contribution in [0.15, 0.2) is 35.7 Å². The Morgan fingerprint density at radius 3 is 2.48 bits per heavy atom. The van der Waals surface area contributed by atoms with Crippen LogP contribution in [0.4, 0.5) is 10.6 Å². The van der Waals surface area contributed by atoms with Gasteiger partial charge in [0.25, 0.3) is 0 Å². The molecule has 0 aliphatic rings. The topological polar surface area (TPSA) is 68.7 Å². The zero-order valence-electron chi connectivity index (χ0n) is 14.8. The molecule has 0 radical (unpaired) electrons. The molecule has 2 aromatic rings. The monoisotopic (exact) mass is 362 g/mol. The molecule has 134 valence electrons. The second kappa shape index (κ2) is 8.11. The summed E-state index contributed by atoms with van der Waals surface area (Å²) < 4.78 is 10.3. The Hall–Kier alpha value is -2.41. The third-order valence-corrected chi connectivity index (χ3v) is 3.87. The summed E-state index contributed by atoms with van der Waals surface area (Å²) in [4.78, 5) is 30.1. The number of carbonyl (C=O) groups excluding carboxylic acids is 2. The van der Waals surface area contributed by atoms with Crippen LogP contribution in [0, 0.1) is 0 Å². The number of rotatable bonds is 5. The number of ether oxygens (including phenoxy) is 2. The van der Waals surface area contributed by atoms with Gasteiger partial charge in [0.1, 0.15) is 23.0 Å². The molecule has 0 saturated carbocycles. The molecule has 1 amide bonds. The standard InChI is InChI=1S/C18H22N2O4S/c1-5-23-15(21)11-20(17(22)24-18(2,3)4)14-12-25-16(19-14)13-9-7-6-8-10-13/h6-10,12H,5,11H2,1-4H3. The van der Waals surface area contributed by atoms with E-state index >= 15 is 0 Å². The Morgan fingerprint density at radius 2 is 1.88 bits per heavy atom.